The Balaban J connectivity index is 3.12. The van der Waals surface area contributed by atoms with Crippen LogP contribution in [0.4, 0.5) is 4.39 Å². The van der Waals surface area contributed by atoms with Gasteiger partial charge in [0.1, 0.15) is 11.6 Å². The molecule has 0 aliphatic carbocycles. The minimum atomic E-state index is -0.336. The third-order valence-electron chi connectivity index (χ3n) is 1.81. The fourth-order valence-electron chi connectivity index (χ4n) is 1.09. The van der Waals surface area contributed by atoms with Crippen molar-refractivity contribution in [3.8, 4) is 5.75 Å². The van der Waals surface area contributed by atoms with Crippen LogP contribution in [-0.2, 0) is 0 Å². The number of hydrogen-bond donors (Lipinski definition) is 1. The molecule has 2 N–H and O–H groups in total. The van der Waals surface area contributed by atoms with Gasteiger partial charge >= 0.3 is 0 Å². The first-order valence-electron chi connectivity index (χ1n) is 3.90. The Morgan fingerprint density at radius 1 is 1.62 bits per heavy atom. The summed E-state index contributed by atoms with van der Waals surface area (Å²) in [6.45, 7) is 3.56. The highest BCUT2D eigenvalue weighted by Gasteiger charge is 2.08. The van der Waals surface area contributed by atoms with Crippen molar-refractivity contribution in [3.05, 3.63) is 42.2 Å². The number of nitrogens with two attached hydrogens (primary N) is 1. The van der Waals surface area contributed by atoms with Crippen molar-refractivity contribution in [2.75, 3.05) is 7.11 Å². The zero-order valence-corrected chi connectivity index (χ0v) is 7.46. The fourth-order valence-corrected chi connectivity index (χ4v) is 1.09. The van der Waals surface area contributed by atoms with Gasteiger partial charge in [-0.05, 0) is 6.07 Å². The van der Waals surface area contributed by atoms with E-state index < -0.39 is 0 Å². The summed E-state index contributed by atoms with van der Waals surface area (Å²) in [6.07, 6.45) is 1.58. The summed E-state index contributed by atoms with van der Waals surface area (Å²) in [7, 11) is 1.48. The highest BCUT2D eigenvalue weighted by atomic mass is 19.1. The molecule has 0 radical (unpaired) electrons. The van der Waals surface area contributed by atoms with Gasteiger partial charge in [0.15, 0.2) is 0 Å². The molecule has 0 saturated carbocycles. The Kier molecular flexibility index (Phi) is 3.03. The molecular weight excluding hydrogens is 169 g/mol. The third-order valence-corrected chi connectivity index (χ3v) is 1.81. The van der Waals surface area contributed by atoms with Crippen LogP contribution in [0.25, 0.3) is 0 Å². The molecule has 1 aromatic rings. The van der Waals surface area contributed by atoms with Crippen LogP contribution < -0.4 is 10.5 Å². The maximum absolute atomic E-state index is 12.8. The van der Waals surface area contributed by atoms with E-state index in [9.17, 15) is 4.39 Å². The second-order valence-electron chi connectivity index (χ2n) is 2.65. The van der Waals surface area contributed by atoms with E-state index in [1.54, 1.807) is 12.1 Å². The average Bonchev–Trinajstić information content (AvgIpc) is 2.16. The molecule has 0 aromatic heterocycles. The van der Waals surface area contributed by atoms with Crippen LogP contribution in [0.2, 0.25) is 0 Å². The van der Waals surface area contributed by atoms with Crippen molar-refractivity contribution in [1.82, 2.24) is 0 Å². The van der Waals surface area contributed by atoms with Crippen LogP contribution >= 0.6 is 0 Å². The van der Waals surface area contributed by atoms with Crippen molar-refractivity contribution in [1.29, 1.82) is 0 Å². The van der Waals surface area contributed by atoms with Gasteiger partial charge < -0.3 is 10.5 Å². The Hall–Kier alpha value is -1.35. The van der Waals surface area contributed by atoms with E-state index in [-0.39, 0.29) is 11.9 Å². The second-order valence-corrected chi connectivity index (χ2v) is 2.65. The van der Waals surface area contributed by atoms with E-state index in [1.165, 1.54) is 19.2 Å². The summed E-state index contributed by atoms with van der Waals surface area (Å²) in [6, 6.07) is 3.93. The molecule has 0 aliphatic rings. The van der Waals surface area contributed by atoms with Crippen LogP contribution in [0.1, 0.15) is 11.6 Å². The lowest BCUT2D eigenvalue weighted by Gasteiger charge is -2.11. The van der Waals surface area contributed by atoms with Crippen LogP contribution in [0, 0.1) is 5.82 Å². The number of hydrogen-bond acceptors (Lipinski definition) is 2. The van der Waals surface area contributed by atoms with E-state index in [0.717, 1.165) is 5.56 Å². The third kappa shape index (κ3) is 2.06. The number of rotatable bonds is 3. The maximum Gasteiger partial charge on any atom is 0.126 e. The molecule has 0 amide bonds. The number of halogens is 1. The lowest BCUT2D eigenvalue weighted by Crippen LogP contribution is -2.08. The second kappa shape index (κ2) is 4.05. The normalized spacial score (nSPS) is 12.2. The quantitative estimate of drug-likeness (QED) is 0.724. The summed E-state index contributed by atoms with van der Waals surface area (Å²) in [5.74, 6) is 0.115. The molecule has 0 fully saturated rings. The number of ether oxygens (including phenoxy) is 1. The van der Waals surface area contributed by atoms with Gasteiger partial charge in [-0.3, -0.25) is 0 Å². The maximum atomic E-state index is 12.8. The molecule has 13 heavy (non-hydrogen) atoms. The molecule has 0 unspecified atom stereocenters. The van der Waals surface area contributed by atoms with E-state index in [2.05, 4.69) is 6.58 Å². The van der Waals surface area contributed by atoms with Crippen molar-refractivity contribution >= 4 is 0 Å². The van der Waals surface area contributed by atoms with E-state index >= 15 is 0 Å². The molecule has 70 valence electrons. The van der Waals surface area contributed by atoms with E-state index in [1.807, 2.05) is 0 Å². The Labute approximate surface area is 76.8 Å². The van der Waals surface area contributed by atoms with Crippen molar-refractivity contribution < 1.29 is 9.13 Å². The van der Waals surface area contributed by atoms with Gasteiger partial charge in [-0.1, -0.05) is 12.1 Å². The summed E-state index contributed by atoms with van der Waals surface area (Å²) < 4.78 is 17.7. The topological polar surface area (TPSA) is 35.2 Å². The summed E-state index contributed by atoms with van der Waals surface area (Å²) >= 11 is 0. The van der Waals surface area contributed by atoms with Crippen LogP contribution in [-0.4, -0.2) is 7.11 Å². The Bertz CT molecular complexity index is 312. The zero-order valence-electron chi connectivity index (χ0n) is 7.46. The van der Waals surface area contributed by atoms with Crippen LogP contribution in [0.15, 0.2) is 30.9 Å². The Morgan fingerprint density at radius 2 is 2.31 bits per heavy atom. The predicted molar refractivity (Wildman–Crippen MR) is 50.1 cm³/mol. The fraction of sp³-hybridized carbons (Fsp3) is 0.200. The Morgan fingerprint density at radius 3 is 2.85 bits per heavy atom. The zero-order chi connectivity index (χ0) is 9.84. The minimum absolute atomic E-state index is 0.324. The van der Waals surface area contributed by atoms with Crippen molar-refractivity contribution in [2.45, 2.75) is 6.04 Å². The van der Waals surface area contributed by atoms with Gasteiger partial charge in [0.25, 0.3) is 0 Å². The molecular formula is C10H12FNO. The summed E-state index contributed by atoms with van der Waals surface area (Å²) in [5.41, 5.74) is 6.44. The first-order chi connectivity index (χ1) is 6.19. The standard InChI is InChI=1S/C10H12FNO/c1-3-9(12)8-5-4-7(11)6-10(8)13-2/h3-6,9H,1,12H2,2H3/t9-/m0/s1. The van der Waals surface area contributed by atoms with Gasteiger partial charge in [0.05, 0.1) is 13.2 Å². The molecule has 2 nitrogen and oxygen atoms in total. The molecule has 0 saturated heterocycles. The van der Waals surface area contributed by atoms with Crippen LogP contribution in [0.3, 0.4) is 0 Å². The first kappa shape index (κ1) is 9.74. The monoisotopic (exact) mass is 181 g/mol. The molecule has 0 bridgehead atoms. The van der Waals surface area contributed by atoms with E-state index in [4.69, 9.17) is 10.5 Å². The molecule has 0 heterocycles. The van der Waals surface area contributed by atoms with Gasteiger partial charge in [0.2, 0.25) is 0 Å². The first-order valence-corrected chi connectivity index (χ1v) is 3.90. The van der Waals surface area contributed by atoms with Gasteiger partial charge in [-0.25, -0.2) is 4.39 Å². The SMILES string of the molecule is C=C[C@H](N)c1ccc(F)cc1OC. The highest BCUT2D eigenvalue weighted by Crippen LogP contribution is 2.24. The van der Waals surface area contributed by atoms with Gasteiger partial charge in [-0.2, -0.15) is 0 Å². The van der Waals surface area contributed by atoms with Gasteiger partial charge in [0, 0.05) is 11.6 Å². The molecule has 1 rings (SSSR count). The summed E-state index contributed by atoms with van der Waals surface area (Å²) in [5, 5.41) is 0. The van der Waals surface area contributed by atoms with Crippen molar-refractivity contribution in [3.63, 3.8) is 0 Å². The molecule has 3 heteroatoms. The van der Waals surface area contributed by atoms with Crippen molar-refractivity contribution in [2.24, 2.45) is 5.73 Å². The van der Waals surface area contributed by atoms with Gasteiger partial charge in [-0.15, -0.1) is 6.58 Å². The number of methoxy groups -OCH3 is 1. The average molecular weight is 181 g/mol. The molecule has 0 aliphatic heterocycles. The summed E-state index contributed by atoms with van der Waals surface area (Å²) in [4.78, 5) is 0. The minimum Gasteiger partial charge on any atom is -0.496 e. The van der Waals surface area contributed by atoms with Crippen LogP contribution in [0.5, 0.6) is 5.75 Å². The lowest BCUT2D eigenvalue weighted by molar-refractivity contribution is 0.404. The number of benzene rings is 1. The highest BCUT2D eigenvalue weighted by molar-refractivity contribution is 5.37. The molecule has 1 atom stereocenters. The molecule has 0 spiro atoms. The predicted octanol–water partition coefficient (Wildman–Crippen LogP) is 2.02. The largest absolute Gasteiger partial charge is 0.496 e. The molecule has 1 aromatic carbocycles. The van der Waals surface area contributed by atoms with E-state index in [0.29, 0.717) is 5.75 Å². The smallest absolute Gasteiger partial charge is 0.126 e. The lowest BCUT2D eigenvalue weighted by atomic mass is 10.1.